The van der Waals surface area contributed by atoms with E-state index < -0.39 is 0 Å². The highest BCUT2D eigenvalue weighted by Crippen LogP contribution is 2.51. The molecule has 0 amide bonds. The molecule has 2 saturated carbocycles. The molecule has 2 fully saturated rings. The Bertz CT molecular complexity index is 1390. The molecule has 3 heterocycles. The van der Waals surface area contributed by atoms with Crippen molar-refractivity contribution in [2.75, 3.05) is 7.05 Å². The lowest BCUT2D eigenvalue weighted by molar-refractivity contribution is 0.185. The lowest BCUT2D eigenvalue weighted by atomic mass is 9.58. The minimum atomic E-state index is -0.151. The summed E-state index contributed by atoms with van der Waals surface area (Å²) in [6, 6.07) is 13.1. The van der Waals surface area contributed by atoms with Crippen LogP contribution in [0.15, 0.2) is 59.9 Å². The number of pyridine rings is 1. The largest absolute Gasteiger partial charge is 0.329 e. The van der Waals surface area contributed by atoms with Gasteiger partial charge in [0.05, 0.1) is 12.1 Å². The zero-order chi connectivity index (χ0) is 22.7. The first-order valence-corrected chi connectivity index (χ1v) is 11.8. The normalized spacial score (nSPS) is 22.7. The first kappa shape index (κ1) is 20.4. The lowest BCUT2D eigenvalue weighted by Gasteiger charge is -2.46. The van der Waals surface area contributed by atoms with E-state index in [2.05, 4.69) is 51.8 Å². The predicted molar refractivity (Wildman–Crippen MR) is 129 cm³/mol. The van der Waals surface area contributed by atoms with Gasteiger partial charge < -0.3 is 9.13 Å². The van der Waals surface area contributed by atoms with Crippen molar-refractivity contribution in [1.29, 1.82) is 0 Å². The molecule has 0 spiro atoms. The maximum absolute atomic E-state index is 13.7. The first-order valence-electron chi connectivity index (χ1n) is 11.8. The second-order valence-corrected chi connectivity index (χ2v) is 10.1. The van der Waals surface area contributed by atoms with Gasteiger partial charge in [0, 0.05) is 36.6 Å². The Kier molecular flexibility index (Phi) is 4.59. The first-order chi connectivity index (χ1) is 16.0. The van der Waals surface area contributed by atoms with Gasteiger partial charge in [-0.15, -0.1) is 10.2 Å². The van der Waals surface area contributed by atoms with Gasteiger partial charge in [-0.2, -0.15) is 0 Å². The second kappa shape index (κ2) is 7.42. The number of aryl methyl sites for hydroxylation is 1. The molecule has 6 rings (SSSR count). The van der Waals surface area contributed by atoms with Gasteiger partial charge in [0.2, 0.25) is 0 Å². The number of hydrogen-bond acceptors (Lipinski definition) is 4. The van der Waals surface area contributed by atoms with E-state index in [1.54, 1.807) is 10.9 Å². The smallest absolute Gasteiger partial charge is 0.279 e. The van der Waals surface area contributed by atoms with E-state index >= 15 is 0 Å². The van der Waals surface area contributed by atoms with Crippen molar-refractivity contribution in [2.45, 2.75) is 50.7 Å². The van der Waals surface area contributed by atoms with Crippen LogP contribution < -0.4 is 5.56 Å². The van der Waals surface area contributed by atoms with Gasteiger partial charge in [-0.1, -0.05) is 19.1 Å². The zero-order valence-corrected chi connectivity index (χ0v) is 19.5. The number of benzene rings is 1. The van der Waals surface area contributed by atoms with Crippen LogP contribution in [0.3, 0.4) is 0 Å². The molecular formula is C26H30N6O. The van der Waals surface area contributed by atoms with E-state index in [0.29, 0.717) is 12.0 Å². The Morgan fingerprint density at radius 1 is 1.15 bits per heavy atom. The van der Waals surface area contributed by atoms with E-state index in [4.69, 9.17) is 0 Å². The maximum Gasteiger partial charge on any atom is 0.279 e. The summed E-state index contributed by atoms with van der Waals surface area (Å²) < 4.78 is 5.90. The summed E-state index contributed by atoms with van der Waals surface area (Å²) >= 11 is 0. The van der Waals surface area contributed by atoms with Crippen LogP contribution in [0, 0.1) is 5.92 Å². The molecule has 170 valence electrons. The molecule has 33 heavy (non-hydrogen) atoms. The molecule has 7 nitrogen and oxygen atoms in total. The van der Waals surface area contributed by atoms with E-state index in [1.807, 2.05) is 42.2 Å². The third kappa shape index (κ3) is 3.25. The molecule has 4 aromatic rings. The summed E-state index contributed by atoms with van der Waals surface area (Å²) in [5.41, 5.74) is 2.72. The Morgan fingerprint density at radius 2 is 1.94 bits per heavy atom. The van der Waals surface area contributed by atoms with Gasteiger partial charge in [-0.25, -0.2) is 0 Å². The van der Waals surface area contributed by atoms with Gasteiger partial charge in [-0.3, -0.25) is 14.3 Å². The summed E-state index contributed by atoms with van der Waals surface area (Å²) in [6.07, 6.45) is 10.3. The van der Waals surface area contributed by atoms with Gasteiger partial charge in [0.1, 0.15) is 17.7 Å². The van der Waals surface area contributed by atoms with Crippen LogP contribution in [0.4, 0.5) is 0 Å². The van der Waals surface area contributed by atoms with Crippen LogP contribution in [0.25, 0.3) is 16.6 Å². The van der Waals surface area contributed by atoms with Crippen molar-refractivity contribution < 1.29 is 0 Å². The Morgan fingerprint density at radius 3 is 2.64 bits per heavy atom. The van der Waals surface area contributed by atoms with E-state index in [0.717, 1.165) is 41.9 Å². The Labute approximate surface area is 193 Å². The average Bonchev–Trinajstić information content (AvgIpc) is 3.44. The zero-order valence-electron chi connectivity index (χ0n) is 19.5. The topological polar surface area (TPSA) is 60.9 Å². The number of nitrogens with zero attached hydrogens (tertiary/aromatic N) is 6. The summed E-state index contributed by atoms with van der Waals surface area (Å²) in [5.74, 6) is 1.63. The van der Waals surface area contributed by atoms with E-state index in [-0.39, 0.29) is 11.0 Å². The second-order valence-electron chi connectivity index (χ2n) is 10.1. The molecule has 0 unspecified atom stereocenters. The molecule has 2 aliphatic rings. The molecule has 1 aromatic carbocycles. The molecule has 0 saturated heterocycles. The van der Waals surface area contributed by atoms with Crippen molar-refractivity contribution in [2.24, 2.45) is 13.0 Å². The summed E-state index contributed by atoms with van der Waals surface area (Å²) in [5, 5.41) is 9.60. The van der Waals surface area contributed by atoms with Crippen LogP contribution in [0.5, 0.6) is 0 Å². The highest BCUT2D eigenvalue weighted by atomic mass is 16.1. The summed E-state index contributed by atoms with van der Waals surface area (Å²) in [4.78, 5) is 16.0. The average molecular weight is 443 g/mol. The molecule has 0 radical (unpaired) electrons. The van der Waals surface area contributed by atoms with Crippen LogP contribution in [0.2, 0.25) is 0 Å². The van der Waals surface area contributed by atoms with Crippen LogP contribution >= 0.6 is 0 Å². The quantitative estimate of drug-likeness (QED) is 0.457. The molecule has 7 heteroatoms. The van der Waals surface area contributed by atoms with Gasteiger partial charge >= 0.3 is 0 Å². The summed E-state index contributed by atoms with van der Waals surface area (Å²) in [7, 11) is 4.15. The van der Waals surface area contributed by atoms with Crippen molar-refractivity contribution in [3.8, 4) is 5.69 Å². The molecule has 0 atom stereocenters. The lowest BCUT2D eigenvalue weighted by Crippen LogP contribution is -2.43. The summed E-state index contributed by atoms with van der Waals surface area (Å²) in [6.45, 7) is 3.02. The van der Waals surface area contributed by atoms with Gasteiger partial charge in [-0.05, 0) is 68.5 Å². The number of hydrogen-bond donors (Lipinski definition) is 0. The van der Waals surface area contributed by atoms with E-state index in [1.165, 1.54) is 18.4 Å². The van der Waals surface area contributed by atoms with Crippen molar-refractivity contribution in [3.05, 3.63) is 76.9 Å². The minimum absolute atomic E-state index is 0.0218. The molecule has 3 aromatic heterocycles. The van der Waals surface area contributed by atoms with Gasteiger partial charge in [0.25, 0.3) is 5.56 Å². The molecule has 0 aliphatic heterocycles. The van der Waals surface area contributed by atoms with Crippen LogP contribution in [-0.2, 0) is 19.1 Å². The molecule has 2 aliphatic carbocycles. The highest BCUT2D eigenvalue weighted by Gasteiger charge is 2.48. The highest BCUT2D eigenvalue weighted by molar-refractivity contribution is 5.79. The monoisotopic (exact) mass is 442 g/mol. The number of rotatable bonds is 6. The third-order valence-electron chi connectivity index (χ3n) is 7.58. The van der Waals surface area contributed by atoms with Gasteiger partial charge in [0.15, 0.2) is 0 Å². The van der Waals surface area contributed by atoms with Crippen molar-refractivity contribution >= 4 is 10.9 Å². The minimum Gasteiger partial charge on any atom is -0.329 e. The fraction of sp³-hybridized carbons (Fsp3) is 0.423. The molecular weight excluding hydrogens is 412 g/mol. The van der Waals surface area contributed by atoms with Crippen LogP contribution in [0.1, 0.15) is 44.0 Å². The number of fused-ring (bicyclic) bond motifs is 1. The standard InChI is InChI=1S/C26H30N6O/c1-18-14-26(15-18,25-28-27-16-29(25)2)20-5-4-6-22(13-20)32-12-10-19-9-11-31(23(19)24(32)33)17-30(3)21-7-8-21/h4-6,9-13,16,18,21H,7-8,14-15,17H2,1-3H3. The van der Waals surface area contributed by atoms with E-state index in [9.17, 15) is 4.79 Å². The van der Waals surface area contributed by atoms with Crippen molar-refractivity contribution in [1.82, 2.24) is 28.8 Å². The Hall–Kier alpha value is -3.19. The Balaban J connectivity index is 1.43. The SMILES string of the molecule is CC1CC(c2cccc(-n3ccc4ccn(CN(C)C5CC5)c4c3=O)c2)(c2nncn2C)C1. The van der Waals surface area contributed by atoms with Crippen molar-refractivity contribution in [3.63, 3.8) is 0 Å². The van der Waals surface area contributed by atoms with Crippen LogP contribution in [-0.4, -0.2) is 41.9 Å². The number of aromatic nitrogens is 5. The maximum atomic E-state index is 13.7. The molecule has 0 bridgehead atoms. The fourth-order valence-corrected chi connectivity index (χ4v) is 5.75. The third-order valence-corrected chi connectivity index (χ3v) is 7.58. The molecule has 0 N–H and O–H groups in total. The predicted octanol–water partition coefficient (Wildman–Crippen LogP) is 3.69. The fourth-order valence-electron chi connectivity index (χ4n) is 5.75.